The van der Waals surface area contributed by atoms with Crippen molar-refractivity contribution >= 4 is 5.69 Å². The Morgan fingerprint density at radius 1 is 1.28 bits per heavy atom. The van der Waals surface area contributed by atoms with Gasteiger partial charge in [0.1, 0.15) is 0 Å². The van der Waals surface area contributed by atoms with E-state index in [1.165, 1.54) is 31.2 Å². The van der Waals surface area contributed by atoms with Crippen LogP contribution in [0.2, 0.25) is 0 Å². The molecule has 0 atom stereocenters. The molecule has 2 rings (SSSR count). The van der Waals surface area contributed by atoms with E-state index in [9.17, 15) is 0 Å². The SMILES string of the molecule is CC(C)(CNCc1cccc(N)c1)C1CCCC1. The molecule has 0 aliphatic heterocycles. The van der Waals surface area contributed by atoms with E-state index in [-0.39, 0.29) is 0 Å². The zero-order chi connectivity index (χ0) is 13.0. The van der Waals surface area contributed by atoms with Gasteiger partial charge in [-0.15, -0.1) is 0 Å². The lowest BCUT2D eigenvalue weighted by Crippen LogP contribution is -2.34. The van der Waals surface area contributed by atoms with E-state index in [2.05, 4.69) is 31.3 Å². The normalized spacial score (nSPS) is 17.2. The van der Waals surface area contributed by atoms with Crippen molar-refractivity contribution in [3.63, 3.8) is 0 Å². The van der Waals surface area contributed by atoms with E-state index in [0.29, 0.717) is 5.41 Å². The molecule has 2 heteroatoms. The van der Waals surface area contributed by atoms with Crippen molar-refractivity contribution in [1.82, 2.24) is 5.32 Å². The minimum atomic E-state index is 0.414. The molecule has 1 fully saturated rings. The Balaban J connectivity index is 1.80. The highest BCUT2D eigenvalue weighted by molar-refractivity contribution is 5.40. The van der Waals surface area contributed by atoms with Crippen molar-refractivity contribution in [2.45, 2.75) is 46.1 Å². The second-order valence-corrected chi connectivity index (χ2v) is 6.32. The number of nitrogens with one attached hydrogen (secondary N) is 1. The predicted molar refractivity (Wildman–Crippen MR) is 78.3 cm³/mol. The van der Waals surface area contributed by atoms with Crippen molar-refractivity contribution in [3.05, 3.63) is 29.8 Å². The van der Waals surface area contributed by atoms with Crippen LogP contribution in [0.1, 0.15) is 45.1 Å². The molecule has 2 nitrogen and oxygen atoms in total. The highest BCUT2D eigenvalue weighted by Crippen LogP contribution is 2.39. The molecule has 0 radical (unpaired) electrons. The number of rotatable bonds is 5. The second-order valence-electron chi connectivity index (χ2n) is 6.32. The highest BCUT2D eigenvalue weighted by Gasteiger charge is 2.31. The molecule has 0 amide bonds. The molecule has 0 bridgehead atoms. The summed E-state index contributed by atoms with van der Waals surface area (Å²) in [6.45, 7) is 6.80. The van der Waals surface area contributed by atoms with Crippen molar-refractivity contribution < 1.29 is 0 Å². The summed E-state index contributed by atoms with van der Waals surface area (Å²) in [5, 5.41) is 3.59. The Morgan fingerprint density at radius 2 is 2.00 bits per heavy atom. The lowest BCUT2D eigenvalue weighted by molar-refractivity contribution is 0.208. The van der Waals surface area contributed by atoms with Crippen LogP contribution in [0.25, 0.3) is 0 Å². The third-order valence-corrected chi connectivity index (χ3v) is 4.32. The van der Waals surface area contributed by atoms with E-state index < -0.39 is 0 Å². The van der Waals surface area contributed by atoms with E-state index >= 15 is 0 Å². The molecule has 0 spiro atoms. The number of hydrogen-bond donors (Lipinski definition) is 2. The largest absolute Gasteiger partial charge is 0.399 e. The molecular weight excluding hydrogens is 220 g/mol. The Labute approximate surface area is 111 Å². The van der Waals surface area contributed by atoms with E-state index in [1.54, 1.807) is 0 Å². The molecule has 100 valence electrons. The fraction of sp³-hybridized carbons (Fsp3) is 0.625. The molecule has 1 aliphatic carbocycles. The Morgan fingerprint density at radius 3 is 2.67 bits per heavy atom. The van der Waals surface area contributed by atoms with Gasteiger partial charge in [-0.3, -0.25) is 0 Å². The van der Waals surface area contributed by atoms with Crippen LogP contribution in [-0.2, 0) is 6.54 Å². The van der Waals surface area contributed by atoms with E-state index in [4.69, 9.17) is 5.73 Å². The summed E-state index contributed by atoms with van der Waals surface area (Å²) < 4.78 is 0. The van der Waals surface area contributed by atoms with Gasteiger partial charge in [0.05, 0.1) is 0 Å². The number of hydrogen-bond acceptors (Lipinski definition) is 2. The van der Waals surface area contributed by atoms with Gasteiger partial charge in [-0.2, -0.15) is 0 Å². The Kier molecular flexibility index (Phi) is 4.28. The first-order valence-electron chi connectivity index (χ1n) is 7.13. The van der Waals surface area contributed by atoms with Gasteiger partial charge in [-0.25, -0.2) is 0 Å². The molecule has 1 aromatic rings. The van der Waals surface area contributed by atoms with Gasteiger partial charge < -0.3 is 11.1 Å². The van der Waals surface area contributed by atoms with Crippen LogP contribution in [0, 0.1) is 11.3 Å². The number of benzene rings is 1. The average Bonchev–Trinajstić information content (AvgIpc) is 2.83. The molecule has 0 unspecified atom stereocenters. The number of anilines is 1. The fourth-order valence-electron chi connectivity index (χ4n) is 3.08. The summed E-state index contributed by atoms with van der Waals surface area (Å²) >= 11 is 0. The van der Waals surface area contributed by atoms with Gasteiger partial charge >= 0.3 is 0 Å². The maximum atomic E-state index is 5.79. The Hall–Kier alpha value is -1.02. The predicted octanol–water partition coefficient (Wildman–Crippen LogP) is 3.57. The summed E-state index contributed by atoms with van der Waals surface area (Å²) in [5.41, 5.74) is 8.33. The minimum Gasteiger partial charge on any atom is -0.399 e. The van der Waals surface area contributed by atoms with Gasteiger partial charge in [0.2, 0.25) is 0 Å². The fourth-order valence-corrected chi connectivity index (χ4v) is 3.08. The molecule has 0 aromatic heterocycles. The molecule has 1 aromatic carbocycles. The van der Waals surface area contributed by atoms with Crippen LogP contribution < -0.4 is 11.1 Å². The summed E-state index contributed by atoms with van der Waals surface area (Å²) in [7, 11) is 0. The molecule has 0 heterocycles. The van der Waals surface area contributed by atoms with E-state index in [1.807, 2.05) is 12.1 Å². The molecule has 1 aliphatic rings. The third kappa shape index (κ3) is 3.49. The maximum Gasteiger partial charge on any atom is 0.0317 e. The number of nitrogen functional groups attached to an aromatic ring is 1. The van der Waals surface area contributed by atoms with Crippen molar-refractivity contribution in [3.8, 4) is 0 Å². The van der Waals surface area contributed by atoms with Gasteiger partial charge in [0, 0.05) is 18.8 Å². The first kappa shape index (κ1) is 13.4. The van der Waals surface area contributed by atoms with Gasteiger partial charge in [0.25, 0.3) is 0 Å². The van der Waals surface area contributed by atoms with Crippen molar-refractivity contribution in [2.24, 2.45) is 11.3 Å². The van der Waals surface area contributed by atoms with Gasteiger partial charge in [-0.1, -0.05) is 38.8 Å². The average molecular weight is 246 g/mol. The van der Waals surface area contributed by atoms with Crippen LogP contribution in [0.3, 0.4) is 0 Å². The van der Waals surface area contributed by atoms with Crippen LogP contribution >= 0.6 is 0 Å². The van der Waals surface area contributed by atoms with Crippen molar-refractivity contribution in [1.29, 1.82) is 0 Å². The zero-order valence-corrected chi connectivity index (χ0v) is 11.7. The van der Waals surface area contributed by atoms with Gasteiger partial charge in [0.15, 0.2) is 0 Å². The molecule has 18 heavy (non-hydrogen) atoms. The monoisotopic (exact) mass is 246 g/mol. The molecule has 1 saturated carbocycles. The Bertz CT molecular complexity index is 378. The first-order valence-corrected chi connectivity index (χ1v) is 7.13. The molecular formula is C16H26N2. The highest BCUT2D eigenvalue weighted by atomic mass is 14.9. The standard InChI is InChI=1S/C16H26N2/c1-16(2,14-7-3-4-8-14)12-18-11-13-6-5-9-15(17)10-13/h5-6,9-10,14,18H,3-4,7-8,11-12,17H2,1-2H3. The molecule has 3 N–H and O–H groups in total. The quantitative estimate of drug-likeness (QED) is 0.779. The summed E-state index contributed by atoms with van der Waals surface area (Å²) in [4.78, 5) is 0. The minimum absolute atomic E-state index is 0.414. The second kappa shape index (κ2) is 5.75. The van der Waals surface area contributed by atoms with Gasteiger partial charge in [-0.05, 0) is 41.9 Å². The van der Waals surface area contributed by atoms with Crippen LogP contribution in [0.5, 0.6) is 0 Å². The topological polar surface area (TPSA) is 38.0 Å². The lowest BCUT2D eigenvalue weighted by atomic mass is 9.77. The maximum absolute atomic E-state index is 5.79. The summed E-state index contributed by atoms with van der Waals surface area (Å²) in [6.07, 6.45) is 5.66. The summed E-state index contributed by atoms with van der Waals surface area (Å²) in [5.74, 6) is 0.894. The number of nitrogens with two attached hydrogens (primary N) is 1. The smallest absolute Gasteiger partial charge is 0.0317 e. The summed E-state index contributed by atoms with van der Waals surface area (Å²) in [6, 6.07) is 8.14. The zero-order valence-electron chi connectivity index (χ0n) is 11.7. The van der Waals surface area contributed by atoms with E-state index in [0.717, 1.165) is 24.7 Å². The van der Waals surface area contributed by atoms with Crippen LogP contribution in [-0.4, -0.2) is 6.54 Å². The first-order chi connectivity index (χ1) is 8.58. The third-order valence-electron chi connectivity index (χ3n) is 4.32. The molecule has 0 saturated heterocycles. The van der Waals surface area contributed by atoms with Crippen LogP contribution in [0.4, 0.5) is 5.69 Å². The lowest BCUT2D eigenvalue weighted by Gasteiger charge is -2.32. The van der Waals surface area contributed by atoms with Crippen LogP contribution in [0.15, 0.2) is 24.3 Å². The van der Waals surface area contributed by atoms with Crippen molar-refractivity contribution in [2.75, 3.05) is 12.3 Å².